The summed E-state index contributed by atoms with van der Waals surface area (Å²) in [5.74, 6) is 0.192. The average molecular weight is 219 g/mol. The van der Waals surface area contributed by atoms with Crippen molar-refractivity contribution in [2.45, 2.75) is 45.1 Å². The lowest BCUT2D eigenvalue weighted by molar-refractivity contribution is -0.120. The molecule has 0 amide bonds. The van der Waals surface area contributed by atoms with Crippen molar-refractivity contribution in [1.29, 1.82) is 0 Å². The Hall–Kier alpha value is -1.15. The van der Waals surface area contributed by atoms with E-state index in [4.69, 9.17) is 5.73 Å². The van der Waals surface area contributed by atoms with Crippen molar-refractivity contribution in [2.75, 3.05) is 0 Å². The molecule has 88 valence electrons. The molecule has 1 aromatic rings. The molecule has 0 heterocycles. The van der Waals surface area contributed by atoms with Crippen molar-refractivity contribution in [2.24, 2.45) is 5.73 Å². The van der Waals surface area contributed by atoms with E-state index in [0.717, 1.165) is 24.8 Å². The summed E-state index contributed by atoms with van der Waals surface area (Å²) < 4.78 is 0. The summed E-state index contributed by atoms with van der Waals surface area (Å²) in [5.41, 5.74) is 7.02. The molecule has 0 aliphatic rings. The minimum absolute atomic E-state index is 0.192. The number of Topliss-reactive ketones (excluding diaryl/α,β-unsaturated/α-hetero) is 1. The molecule has 0 aliphatic heterocycles. The summed E-state index contributed by atoms with van der Waals surface area (Å²) in [6.45, 7) is 2.13. The summed E-state index contributed by atoms with van der Waals surface area (Å²) in [4.78, 5) is 11.7. The smallest absolute Gasteiger partial charge is 0.149 e. The van der Waals surface area contributed by atoms with E-state index < -0.39 is 0 Å². The van der Waals surface area contributed by atoms with Gasteiger partial charge in [-0.25, -0.2) is 0 Å². The Kier molecular flexibility index (Phi) is 5.79. The number of carbonyl (C=O) groups is 1. The molecule has 2 N–H and O–H groups in total. The minimum Gasteiger partial charge on any atom is -0.321 e. The summed E-state index contributed by atoms with van der Waals surface area (Å²) in [5, 5.41) is 0. The second-order valence-electron chi connectivity index (χ2n) is 4.22. The number of hydrogen-bond donors (Lipinski definition) is 1. The first-order valence-corrected chi connectivity index (χ1v) is 6.06. The topological polar surface area (TPSA) is 43.1 Å². The van der Waals surface area contributed by atoms with Gasteiger partial charge in [0.05, 0.1) is 6.04 Å². The molecule has 1 rings (SSSR count). The fraction of sp³-hybridized carbons (Fsp3) is 0.500. The predicted octanol–water partition coefficient (Wildman–Crippen LogP) is 2.71. The first-order chi connectivity index (χ1) is 7.74. The Labute approximate surface area is 97.9 Å². The molecule has 16 heavy (non-hydrogen) atoms. The lowest BCUT2D eigenvalue weighted by Gasteiger charge is -2.10. The number of unbranched alkanes of at least 4 members (excludes halogenated alkanes) is 2. The van der Waals surface area contributed by atoms with Crippen molar-refractivity contribution in [3.63, 3.8) is 0 Å². The summed E-state index contributed by atoms with van der Waals surface area (Å²) >= 11 is 0. The Morgan fingerprint density at radius 1 is 1.25 bits per heavy atom. The van der Waals surface area contributed by atoms with Crippen LogP contribution in [0.3, 0.4) is 0 Å². The van der Waals surface area contributed by atoms with Crippen LogP contribution in [0.15, 0.2) is 30.3 Å². The van der Waals surface area contributed by atoms with Crippen LogP contribution in [0.5, 0.6) is 0 Å². The maximum atomic E-state index is 11.7. The predicted molar refractivity (Wildman–Crippen MR) is 67.3 cm³/mol. The van der Waals surface area contributed by atoms with Gasteiger partial charge in [0.25, 0.3) is 0 Å². The highest BCUT2D eigenvalue weighted by Crippen LogP contribution is 2.06. The number of hydrogen-bond acceptors (Lipinski definition) is 2. The molecule has 0 unspecified atom stereocenters. The molecule has 0 aliphatic carbocycles. The molecule has 0 bridgehead atoms. The number of benzene rings is 1. The largest absolute Gasteiger partial charge is 0.321 e. The van der Waals surface area contributed by atoms with Gasteiger partial charge < -0.3 is 5.73 Å². The Morgan fingerprint density at radius 2 is 1.94 bits per heavy atom. The summed E-state index contributed by atoms with van der Waals surface area (Å²) in [7, 11) is 0. The Bertz CT molecular complexity index is 308. The Balaban J connectivity index is 2.34. The van der Waals surface area contributed by atoms with E-state index >= 15 is 0 Å². The van der Waals surface area contributed by atoms with E-state index in [-0.39, 0.29) is 11.8 Å². The van der Waals surface area contributed by atoms with Gasteiger partial charge in [-0.05, 0) is 18.4 Å². The SMILES string of the molecule is CCCCCC(=O)[C@@H](N)Cc1ccccc1. The standard InChI is InChI=1S/C14H21NO/c1-2-3-5-10-14(16)13(15)11-12-8-6-4-7-9-12/h4,6-9,13H,2-3,5,10-11,15H2,1H3/t13-/m0/s1. The summed E-state index contributed by atoms with van der Waals surface area (Å²) in [6.07, 6.45) is 4.51. The number of nitrogens with two attached hydrogens (primary N) is 1. The maximum Gasteiger partial charge on any atom is 0.149 e. The molecule has 1 atom stereocenters. The molecule has 0 saturated carbocycles. The third kappa shape index (κ3) is 4.58. The second-order valence-corrected chi connectivity index (χ2v) is 4.22. The fourth-order valence-electron chi connectivity index (χ4n) is 1.72. The van der Waals surface area contributed by atoms with Crippen LogP contribution in [0.2, 0.25) is 0 Å². The third-order valence-electron chi connectivity index (χ3n) is 2.74. The van der Waals surface area contributed by atoms with Crippen LogP contribution in [0.4, 0.5) is 0 Å². The molecule has 0 fully saturated rings. The fourth-order valence-corrected chi connectivity index (χ4v) is 1.72. The van der Waals surface area contributed by atoms with Crippen LogP contribution in [-0.4, -0.2) is 11.8 Å². The van der Waals surface area contributed by atoms with Gasteiger partial charge in [0.1, 0.15) is 5.78 Å². The van der Waals surface area contributed by atoms with E-state index in [1.165, 1.54) is 0 Å². The van der Waals surface area contributed by atoms with Crippen LogP contribution in [0.25, 0.3) is 0 Å². The number of rotatable bonds is 7. The number of carbonyl (C=O) groups excluding carboxylic acids is 1. The van der Waals surface area contributed by atoms with E-state index in [0.29, 0.717) is 12.8 Å². The van der Waals surface area contributed by atoms with E-state index in [1.807, 2.05) is 30.3 Å². The lowest BCUT2D eigenvalue weighted by Crippen LogP contribution is -2.32. The molecule has 0 radical (unpaired) electrons. The molecular weight excluding hydrogens is 198 g/mol. The van der Waals surface area contributed by atoms with Crippen molar-refractivity contribution in [3.8, 4) is 0 Å². The lowest BCUT2D eigenvalue weighted by atomic mass is 10.00. The van der Waals surface area contributed by atoms with Crippen LogP contribution in [0.1, 0.15) is 38.2 Å². The van der Waals surface area contributed by atoms with Gasteiger partial charge in [-0.2, -0.15) is 0 Å². The van der Waals surface area contributed by atoms with Crippen LogP contribution in [-0.2, 0) is 11.2 Å². The zero-order valence-electron chi connectivity index (χ0n) is 9.99. The van der Waals surface area contributed by atoms with Gasteiger partial charge in [0, 0.05) is 6.42 Å². The zero-order chi connectivity index (χ0) is 11.8. The van der Waals surface area contributed by atoms with Crippen LogP contribution in [0, 0.1) is 0 Å². The van der Waals surface area contributed by atoms with Gasteiger partial charge in [-0.1, -0.05) is 50.1 Å². The molecule has 2 heteroatoms. The van der Waals surface area contributed by atoms with E-state index in [1.54, 1.807) is 0 Å². The van der Waals surface area contributed by atoms with Crippen LogP contribution >= 0.6 is 0 Å². The normalized spacial score (nSPS) is 12.4. The molecule has 1 aromatic carbocycles. The quantitative estimate of drug-likeness (QED) is 0.716. The minimum atomic E-state index is -0.334. The second kappa shape index (κ2) is 7.18. The Morgan fingerprint density at radius 3 is 2.56 bits per heavy atom. The monoisotopic (exact) mass is 219 g/mol. The molecule has 0 aromatic heterocycles. The van der Waals surface area contributed by atoms with Gasteiger partial charge in [0.2, 0.25) is 0 Å². The highest BCUT2D eigenvalue weighted by molar-refractivity contribution is 5.84. The average Bonchev–Trinajstić information content (AvgIpc) is 2.30. The van der Waals surface area contributed by atoms with E-state index in [2.05, 4.69) is 6.92 Å². The van der Waals surface area contributed by atoms with Gasteiger partial charge in [0.15, 0.2) is 0 Å². The van der Waals surface area contributed by atoms with Crippen molar-refractivity contribution in [3.05, 3.63) is 35.9 Å². The van der Waals surface area contributed by atoms with Crippen molar-refractivity contribution in [1.82, 2.24) is 0 Å². The van der Waals surface area contributed by atoms with Gasteiger partial charge in [-0.3, -0.25) is 4.79 Å². The van der Waals surface area contributed by atoms with Crippen molar-refractivity contribution < 1.29 is 4.79 Å². The molecular formula is C14H21NO. The first-order valence-electron chi connectivity index (χ1n) is 6.06. The van der Waals surface area contributed by atoms with Crippen LogP contribution < -0.4 is 5.73 Å². The van der Waals surface area contributed by atoms with Gasteiger partial charge >= 0.3 is 0 Å². The van der Waals surface area contributed by atoms with Gasteiger partial charge in [-0.15, -0.1) is 0 Å². The van der Waals surface area contributed by atoms with Crippen molar-refractivity contribution >= 4 is 5.78 Å². The number of ketones is 1. The highest BCUT2D eigenvalue weighted by Gasteiger charge is 2.12. The molecule has 2 nitrogen and oxygen atoms in total. The molecule has 0 spiro atoms. The van der Waals surface area contributed by atoms with E-state index in [9.17, 15) is 4.79 Å². The third-order valence-corrected chi connectivity index (χ3v) is 2.74. The summed E-state index contributed by atoms with van der Waals surface area (Å²) in [6, 6.07) is 9.61. The maximum absolute atomic E-state index is 11.7. The highest BCUT2D eigenvalue weighted by atomic mass is 16.1. The molecule has 0 saturated heterocycles. The zero-order valence-corrected chi connectivity index (χ0v) is 9.99. The first kappa shape index (κ1) is 12.9.